The summed E-state index contributed by atoms with van der Waals surface area (Å²) < 4.78 is 13.3. The van der Waals surface area contributed by atoms with Gasteiger partial charge in [0.1, 0.15) is 0 Å². The van der Waals surface area contributed by atoms with Gasteiger partial charge < -0.3 is 9.47 Å². The highest BCUT2D eigenvalue weighted by molar-refractivity contribution is 7.71. The van der Waals surface area contributed by atoms with Gasteiger partial charge in [-0.05, 0) is 42.4 Å². The van der Waals surface area contributed by atoms with Gasteiger partial charge in [0.15, 0.2) is 17.3 Å². The Morgan fingerprint density at radius 3 is 2.83 bits per heavy atom. The standard InChI is InChI=1S/C17H24N4O2S/c1-4-6-7-10-23-14-9-8-13(11-15(14)22-3)12-18-21-16(5-2)19-20-17(21)24/h8-9,11-12H,4-7,10H2,1-3H3,(H,20,24). The summed E-state index contributed by atoms with van der Waals surface area (Å²) in [4.78, 5) is 0. The Labute approximate surface area is 147 Å². The van der Waals surface area contributed by atoms with E-state index < -0.39 is 0 Å². The largest absolute Gasteiger partial charge is 0.493 e. The number of nitrogens with one attached hydrogen (secondary N) is 1. The summed E-state index contributed by atoms with van der Waals surface area (Å²) >= 11 is 5.18. The van der Waals surface area contributed by atoms with Crippen LogP contribution >= 0.6 is 12.2 Å². The van der Waals surface area contributed by atoms with Gasteiger partial charge in [-0.2, -0.15) is 14.9 Å². The van der Waals surface area contributed by atoms with Crippen LogP contribution in [0.3, 0.4) is 0 Å². The Hall–Kier alpha value is -2.15. The van der Waals surface area contributed by atoms with Crippen LogP contribution in [0.4, 0.5) is 0 Å². The predicted octanol–water partition coefficient (Wildman–Crippen LogP) is 3.96. The smallest absolute Gasteiger partial charge is 0.216 e. The molecule has 130 valence electrons. The SMILES string of the molecule is CCCCCOc1ccc(C=Nn2c(CC)n[nH]c2=S)cc1OC. The first-order valence-electron chi connectivity index (χ1n) is 8.21. The van der Waals surface area contributed by atoms with Gasteiger partial charge in [0.2, 0.25) is 4.77 Å². The molecule has 0 fully saturated rings. The number of methoxy groups -OCH3 is 1. The lowest BCUT2D eigenvalue weighted by Gasteiger charge is -2.11. The quantitative estimate of drug-likeness (QED) is 0.423. The minimum absolute atomic E-state index is 0.478. The molecular weight excluding hydrogens is 324 g/mol. The van der Waals surface area contributed by atoms with Gasteiger partial charge in [0.05, 0.1) is 19.9 Å². The van der Waals surface area contributed by atoms with E-state index in [1.807, 2.05) is 25.1 Å². The van der Waals surface area contributed by atoms with E-state index in [0.29, 0.717) is 17.1 Å². The number of H-pyrrole nitrogens is 1. The average molecular weight is 348 g/mol. The molecule has 0 radical (unpaired) electrons. The van der Waals surface area contributed by atoms with Crippen molar-refractivity contribution in [1.29, 1.82) is 0 Å². The number of hydrogen-bond acceptors (Lipinski definition) is 5. The lowest BCUT2D eigenvalue weighted by atomic mass is 10.2. The van der Waals surface area contributed by atoms with Crippen LogP contribution in [0.15, 0.2) is 23.3 Å². The third-order valence-electron chi connectivity index (χ3n) is 3.55. The second-order valence-corrected chi connectivity index (χ2v) is 5.71. The first-order valence-corrected chi connectivity index (χ1v) is 8.61. The summed E-state index contributed by atoms with van der Waals surface area (Å²) in [5.74, 6) is 2.24. The second-order valence-electron chi connectivity index (χ2n) is 5.32. The topological polar surface area (TPSA) is 64.4 Å². The van der Waals surface area contributed by atoms with Crippen LogP contribution in [0, 0.1) is 4.77 Å². The molecule has 7 heteroatoms. The van der Waals surface area contributed by atoms with E-state index in [1.54, 1.807) is 18.0 Å². The molecule has 0 spiro atoms. The van der Waals surface area contributed by atoms with Gasteiger partial charge in [0.25, 0.3) is 0 Å². The number of unbranched alkanes of at least 4 members (excludes halogenated alkanes) is 2. The van der Waals surface area contributed by atoms with E-state index >= 15 is 0 Å². The normalized spacial score (nSPS) is 11.1. The zero-order valence-electron chi connectivity index (χ0n) is 14.4. The van der Waals surface area contributed by atoms with Gasteiger partial charge in [-0.15, -0.1) is 0 Å². The molecule has 0 aliphatic rings. The van der Waals surface area contributed by atoms with Crippen LogP contribution in [0.2, 0.25) is 0 Å². The summed E-state index contributed by atoms with van der Waals surface area (Å²) in [5, 5.41) is 11.3. The first kappa shape index (κ1) is 18.2. The Balaban J connectivity index is 2.12. The van der Waals surface area contributed by atoms with E-state index in [-0.39, 0.29) is 0 Å². The molecule has 1 aromatic carbocycles. The van der Waals surface area contributed by atoms with E-state index in [0.717, 1.165) is 36.4 Å². The van der Waals surface area contributed by atoms with Crippen LogP contribution in [-0.2, 0) is 6.42 Å². The molecule has 2 rings (SSSR count). The summed E-state index contributed by atoms with van der Waals surface area (Å²) in [5.41, 5.74) is 0.901. The molecule has 1 heterocycles. The molecule has 0 aliphatic heterocycles. The number of rotatable bonds is 9. The molecule has 1 N–H and O–H groups in total. The molecular formula is C17H24N4O2S. The molecule has 0 amide bonds. The molecule has 24 heavy (non-hydrogen) atoms. The first-order chi connectivity index (χ1) is 11.7. The lowest BCUT2D eigenvalue weighted by molar-refractivity contribution is 0.286. The van der Waals surface area contributed by atoms with Crippen molar-refractivity contribution in [3.63, 3.8) is 0 Å². The van der Waals surface area contributed by atoms with E-state index in [9.17, 15) is 0 Å². The highest BCUT2D eigenvalue weighted by Crippen LogP contribution is 2.27. The minimum atomic E-state index is 0.478. The zero-order valence-corrected chi connectivity index (χ0v) is 15.2. The molecule has 1 aromatic heterocycles. The Morgan fingerprint density at radius 1 is 1.29 bits per heavy atom. The van der Waals surface area contributed by atoms with Gasteiger partial charge in [-0.3, -0.25) is 5.10 Å². The fourth-order valence-corrected chi connectivity index (χ4v) is 2.41. The van der Waals surface area contributed by atoms with Gasteiger partial charge in [0, 0.05) is 6.42 Å². The van der Waals surface area contributed by atoms with Crippen LogP contribution in [0.5, 0.6) is 11.5 Å². The third kappa shape index (κ3) is 4.67. The maximum absolute atomic E-state index is 5.78. The van der Waals surface area contributed by atoms with Crippen LogP contribution in [0.25, 0.3) is 0 Å². The molecule has 0 bridgehead atoms. The number of benzene rings is 1. The summed E-state index contributed by atoms with van der Waals surface area (Å²) in [6.45, 7) is 4.87. The Morgan fingerprint density at radius 2 is 2.12 bits per heavy atom. The number of nitrogens with zero attached hydrogens (tertiary/aromatic N) is 3. The van der Waals surface area contributed by atoms with Crippen LogP contribution in [-0.4, -0.2) is 34.8 Å². The highest BCUT2D eigenvalue weighted by atomic mass is 32.1. The van der Waals surface area contributed by atoms with Crippen molar-refractivity contribution in [3.05, 3.63) is 34.4 Å². The molecule has 6 nitrogen and oxygen atoms in total. The van der Waals surface area contributed by atoms with Crippen LogP contribution < -0.4 is 9.47 Å². The summed E-state index contributed by atoms with van der Waals surface area (Å²) in [6, 6.07) is 5.74. The molecule has 0 unspecified atom stereocenters. The van der Waals surface area contributed by atoms with Crippen LogP contribution in [0.1, 0.15) is 44.5 Å². The van der Waals surface area contributed by atoms with Crippen molar-refractivity contribution >= 4 is 18.4 Å². The number of hydrogen-bond donors (Lipinski definition) is 1. The van der Waals surface area contributed by atoms with Crippen molar-refractivity contribution in [1.82, 2.24) is 14.9 Å². The third-order valence-corrected chi connectivity index (χ3v) is 3.81. The van der Waals surface area contributed by atoms with Crippen molar-refractivity contribution in [2.45, 2.75) is 39.5 Å². The maximum Gasteiger partial charge on any atom is 0.216 e. The van der Waals surface area contributed by atoms with E-state index in [2.05, 4.69) is 22.2 Å². The van der Waals surface area contributed by atoms with Gasteiger partial charge >= 0.3 is 0 Å². The fourth-order valence-electron chi connectivity index (χ4n) is 2.21. The van der Waals surface area contributed by atoms with Crippen molar-refractivity contribution < 1.29 is 9.47 Å². The Bertz CT molecular complexity index is 736. The molecule has 0 saturated carbocycles. The molecule has 0 aliphatic carbocycles. The molecule has 0 atom stereocenters. The van der Waals surface area contributed by atoms with Crippen molar-refractivity contribution in [2.75, 3.05) is 13.7 Å². The average Bonchev–Trinajstić information content (AvgIpc) is 2.97. The monoisotopic (exact) mass is 348 g/mol. The fraction of sp³-hybridized carbons (Fsp3) is 0.471. The number of aromatic nitrogens is 3. The lowest BCUT2D eigenvalue weighted by Crippen LogP contribution is -2.00. The van der Waals surface area contributed by atoms with Crippen molar-refractivity contribution in [2.24, 2.45) is 5.10 Å². The van der Waals surface area contributed by atoms with Gasteiger partial charge in [-0.1, -0.05) is 26.7 Å². The van der Waals surface area contributed by atoms with E-state index in [4.69, 9.17) is 21.7 Å². The summed E-state index contributed by atoms with van der Waals surface area (Å²) in [6.07, 6.45) is 5.86. The zero-order chi connectivity index (χ0) is 17.4. The second kappa shape index (κ2) is 9.22. The number of aromatic amines is 1. The number of ether oxygens (including phenoxy) is 2. The van der Waals surface area contributed by atoms with E-state index in [1.165, 1.54) is 6.42 Å². The molecule has 2 aromatic rings. The number of aryl methyl sites for hydroxylation is 1. The maximum atomic E-state index is 5.78. The molecule has 0 saturated heterocycles. The van der Waals surface area contributed by atoms with Crippen molar-refractivity contribution in [3.8, 4) is 11.5 Å². The van der Waals surface area contributed by atoms with Gasteiger partial charge in [-0.25, -0.2) is 0 Å². The minimum Gasteiger partial charge on any atom is -0.493 e. The predicted molar refractivity (Wildman–Crippen MR) is 97.8 cm³/mol. The Kier molecular flexibility index (Phi) is 6.99. The highest BCUT2D eigenvalue weighted by Gasteiger charge is 2.06. The summed E-state index contributed by atoms with van der Waals surface area (Å²) in [7, 11) is 1.64.